The highest BCUT2D eigenvalue weighted by atomic mass is 127. The maximum atomic E-state index is 12.1. The Morgan fingerprint density at radius 1 is 1.20 bits per heavy atom. The van der Waals surface area contributed by atoms with Crippen LogP contribution in [-0.4, -0.2) is 48.2 Å². The van der Waals surface area contributed by atoms with Crippen LogP contribution < -0.4 is 10.6 Å². The average Bonchev–Trinajstić information content (AvgIpc) is 2.99. The second-order valence-corrected chi connectivity index (χ2v) is 6.61. The zero-order chi connectivity index (χ0) is 21.3. The lowest BCUT2D eigenvalue weighted by Gasteiger charge is -2.13. The van der Waals surface area contributed by atoms with E-state index in [0.717, 1.165) is 22.6 Å². The molecule has 0 bridgehead atoms. The summed E-state index contributed by atoms with van der Waals surface area (Å²) in [7, 11) is 0. The summed E-state index contributed by atoms with van der Waals surface area (Å²) in [5.74, 6) is 0.603. The van der Waals surface area contributed by atoms with Crippen molar-refractivity contribution in [2.75, 3.05) is 26.3 Å². The summed E-state index contributed by atoms with van der Waals surface area (Å²) in [4.78, 5) is 4.60. The summed E-state index contributed by atoms with van der Waals surface area (Å²) >= 11 is 0. The van der Waals surface area contributed by atoms with Gasteiger partial charge >= 0.3 is 6.18 Å². The van der Waals surface area contributed by atoms with Gasteiger partial charge in [-0.2, -0.15) is 18.3 Å². The third kappa shape index (κ3) is 8.90. The SMILES string of the molecule is CCNC(=NCc1ccccc1-n1nc(C)cc1C)NCCCOCC(F)(F)F.I. The molecule has 0 saturated carbocycles. The first kappa shape index (κ1) is 26.2. The van der Waals surface area contributed by atoms with E-state index in [-0.39, 0.29) is 30.6 Å². The molecule has 0 aliphatic carbocycles. The van der Waals surface area contributed by atoms with Crippen molar-refractivity contribution in [3.63, 3.8) is 0 Å². The highest BCUT2D eigenvalue weighted by molar-refractivity contribution is 14.0. The number of aromatic nitrogens is 2. The van der Waals surface area contributed by atoms with Crippen molar-refractivity contribution in [3.05, 3.63) is 47.3 Å². The number of ether oxygens (including phenoxy) is 1. The molecular weight excluding hydrogens is 510 g/mol. The van der Waals surface area contributed by atoms with Crippen LogP contribution in [0.5, 0.6) is 0 Å². The highest BCUT2D eigenvalue weighted by Gasteiger charge is 2.27. The summed E-state index contributed by atoms with van der Waals surface area (Å²) in [6.45, 7) is 6.31. The van der Waals surface area contributed by atoms with Gasteiger partial charge in [0.1, 0.15) is 6.61 Å². The zero-order valence-electron chi connectivity index (χ0n) is 17.4. The Hall–Kier alpha value is -1.82. The molecule has 0 fully saturated rings. The van der Waals surface area contributed by atoms with Crippen molar-refractivity contribution in [1.29, 1.82) is 0 Å². The summed E-state index contributed by atoms with van der Waals surface area (Å²) < 4.78 is 42.7. The molecule has 2 N–H and O–H groups in total. The van der Waals surface area contributed by atoms with E-state index in [9.17, 15) is 13.2 Å². The number of nitrogens with zero attached hydrogens (tertiary/aromatic N) is 3. The first-order valence-electron chi connectivity index (χ1n) is 9.58. The zero-order valence-corrected chi connectivity index (χ0v) is 19.8. The summed E-state index contributed by atoms with van der Waals surface area (Å²) in [5, 5.41) is 10.8. The fourth-order valence-corrected chi connectivity index (χ4v) is 2.80. The molecule has 0 spiro atoms. The maximum absolute atomic E-state index is 12.1. The van der Waals surface area contributed by atoms with E-state index in [2.05, 4.69) is 25.5 Å². The molecule has 6 nitrogen and oxygen atoms in total. The summed E-state index contributed by atoms with van der Waals surface area (Å²) in [6.07, 6.45) is -3.84. The molecule has 0 atom stereocenters. The third-order valence-corrected chi connectivity index (χ3v) is 4.00. The number of alkyl halides is 3. The number of para-hydroxylation sites is 1. The van der Waals surface area contributed by atoms with Crippen molar-refractivity contribution in [2.45, 2.75) is 39.9 Å². The van der Waals surface area contributed by atoms with Gasteiger partial charge in [-0.25, -0.2) is 9.67 Å². The molecule has 0 radical (unpaired) electrons. The van der Waals surface area contributed by atoms with Gasteiger partial charge in [-0.05, 0) is 44.9 Å². The Kier molecular flexibility index (Phi) is 11.2. The van der Waals surface area contributed by atoms with Crippen molar-refractivity contribution in [2.24, 2.45) is 4.99 Å². The molecule has 1 aromatic carbocycles. The smallest absolute Gasteiger partial charge is 0.372 e. The molecule has 1 aromatic heterocycles. The second-order valence-electron chi connectivity index (χ2n) is 6.61. The molecule has 2 aromatic rings. The van der Waals surface area contributed by atoms with Gasteiger partial charge in [-0.1, -0.05) is 18.2 Å². The quantitative estimate of drug-likeness (QED) is 0.218. The largest absolute Gasteiger partial charge is 0.411 e. The maximum Gasteiger partial charge on any atom is 0.411 e. The molecule has 1 heterocycles. The normalized spacial score (nSPS) is 11.9. The molecule has 0 saturated heterocycles. The van der Waals surface area contributed by atoms with E-state index in [0.29, 0.717) is 32.0 Å². The third-order valence-electron chi connectivity index (χ3n) is 4.00. The molecular formula is C20H29F3IN5O. The Bertz CT molecular complexity index is 808. The van der Waals surface area contributed by atoms with Crippen molar-refractivity contribution in [3.8, 4) is 5.69 Å². The first-order chi connectivity index (χ1) is 13.8. The van der Waals surface area contributed by atoms with Gasteiger partial charge in [-0.3, -0.25) is 0 Å². The molecule has 2 rings (SSSR count). The van der Waals surface area contributed by atoms with Crippen LogP contribution >= 0.6 is 24.0 Å². The van der Waals surface area contributed by atoms with E-state index >= 15 is 0 Å². The fraction of sp³-hybridized carbons (Fsp3) is 0.500. The number of nitrogens with one attached hydrogen (secondary N) is 2. The Balaban J connectivity index is 0.00000450. The number of hydrogen-bond donors (Lipinski definition) is 2. The van der Waals surface area contributed by atoms with Gasteiger partial charge in [0.15, 0.2) is 5.96 Å². The first-order valence-corrected chi connectivity index (χ1v) is 9.58. The number of aryl methyl sites for hydroxylation is 2. The number of halogens is 4. The predicted molar refractivity (Wildman–Crippen MR) is 123 cm³/mol. The Morgan fingerprint density at radius 3 is 2.57 bits per heavy atom. The van der Waals surface area contributed by atoms with Crippen molar-refractivity contribution < 1.29 is 17.9 Å². The van der Waals surface area contributed by atoms with E-state index < -0.39 is 12.8 Å². The number of rotatable bonds is 9. The lowest BCUT2D eigenvalue weighted by atomic mass is 10.2. The molecule has 0 aliphatic heterocycles. The minimum Gasteiger partial charge on any atom is -0.372 e. The molecule has 0 unspecified atom stereocenters. The number of aliphatic imine (C=N–C) groups is 1. The lowest BCUT2D eigenvalue weighted by molar-refractivity contribution is -0.173. The van der Waals surface area contributed by atoms with Gasteiger partial charge in [0, 0.05) is 25.4 Å². The van der Waals surface area contributed by atoms with Gasteiger partial charge in [0.25, 0.3) is 0 Å². The topological polar surface area (TPSA) is 63.5 Å². The van der Waals surface area contributed by atoms with Crippen LogP contribution in [0, 0.1) is 13.8 Å². The van der Waals surface area contributed by atoms with Crippen LogP contribution in [-0.2, 0) is 11.3 Å². The van der Waals surface area contributed by atoms with Crippen LogP contribution in [0.2, 0.25) is 0 Å². The number of hydrogen-bond acceptors (Lipinski definition) is 3. The molecule has 30 heavy (non-hydrogen) atoms. The molecule has 10 heteroatoms. The molecule has 0 aliphatic rings. The van der Waals surface area contributed by atoms with Gasteiger partial charge in [0.05, 0.1) is 17.9 Å². The Labute approximate surface area is 192 Å². The standard InChI is InChI=1S/C20H28F3N5O.HI/c1-4-24-19(25-10-7-11-29-14-20(21,22)23)26-13-17-8-5-6-9-18(17)28-16(3)12-15(2)27-28;/h5-6,8-9,12H,4,7,10-11,13-14H2,1-3H3,(H2,24,25,26);1H. The monoisotopic (exact) mass is 539 g/mol. The predicted octanol–water partition coefficient (Wildman–Crippen LogP) is 4.13. The number of guanidine groups is 1. The Morgan fingerprint density at radius 2 is 1.93 bits per heavy atom. The van der Waals surface area contributed by atoms with Crippen LogP contribution in [0.25, 0.3) is 5.69 Å². The number of benzene rings is 1. The minimum absolute atomic E-state index is 0. The van der Waals surface area contributed by atoms with E-state index in [1.807, 2.05) is 55.8 Å². The molecule has 0 amide bonds. The van der Waals surface area contributed by atoms with Crippen LogP contribution in [0.4, 0.5) is 13.2 Å². The highest BCUT2D eigenvalue weighted by Crippen LogP contribution is 2.18. The van der Waals surface area contributed by atoms with Crippen LogP contribution in [0.15, 0.2) is 35.3 Å². The van der Waals surface area contributed by atoms with Crippen LogP contribution in [0.1, 0.15) is 30.3 Å². The van der Waals surface area contributed by atoms with Crippen molar-refractivity contribution >= 4 is 29.9 Å². The lowest BCUT2D eigenvalue weighted by Crippen LogP contribution is -2.38. The van der Waals surface area contributed by atoms with E-state index in [1.54, 1.807) is 0 Å². The van der Waals surface area contributed by atoms with Gasteiger partial charge in [0.2, 0.25) is 0 Å². The summed E-state index contributed by atoms with van der Waals surface area (Å²) in [5.41, 5.74) is 3.98. The van der Waals surface area contributed by atoms with Crippen molar-refractivity contribution in [1.82, 2.24) is 20.4 Å². The van der Waals surface area contributed by atoms with E-state index in [1.165, 1.54) is 0 Å². The minimum atomic E-state index is -4.29. The fourth-order valence-electron chi connectivity index (χ4n) is 2.80. The van der Waals surface area contributed by atoms with Gasteiger partial charge < -0.3 is 15.4 Å². The second kappa shape index (κ2) is 12.8. The van der Waals surface area contributed by atoms with Crippen LogP contribution in [0.3, 0.4) is 0 Å². The van der Waals surface area contributed by atoms with Gasteiger partial charge in [-0.15, -0.1) is 24.0 Å². The molecule has 168 valence electrons. The van der Waals surface area contributed by atoms with E-state index in [4.69, 9.17) is 0 Å². The summed E-state index contributed by atoms with van der Waals surface area (Å²) in [6, 6.07) is 9.95. The average molecular weight is 539 g/mol.